The average Bonchev–Trinajstić information content (AvgIpc) is 3.11. The topological polar surface area (TPSA) is 78.6 Å². The summed E-state index contributed by atoms with van der Waals surface area (Å²) in [6.45, 7) is 2.69. The largest absolute Gasteiger partial charge is 0.392 e. The van der Waals surface area contributed by atoms with Gasteiger partial charge in [0.05, 0.1) is 6.10 Å². The molecule has 0 radical (unpaired) electrons. The minimum absolute atomic E-state index is 0.0854. The standard InChI is InChI=1S/C17H20FN3O3/c1-11-7-16(20-24-11)19-17(23)5-6-21-10-14(22)9-15(21)12-3-2-4-13(18)8-12/h2-4,7-8,14-15,22H,5-6,9-10H2,1H3,(H,19,20,23)/t14-,15-/m0/s1. The molecule has 1 amide bonds. The maximum absolute atomic E-state index is 13.4. The molecular weight excluding hydrogens is 313 g/mol. The lowest BCUT2D eigenvalue weighted by Crippen LogP contribution is -2.29. The molecule has 2 aromatic rings. The van der Waals surface area contributed by atoms with Crippen molar-refractivity contribution in [3.8, 4) is 0 Å². The van der Waals surface area contributed by atoms with Gasteiger partial charge >= 0.3 is 0 Å². The first kappa shape index (κ1) is 16.6. The molecule has 1 aliphatic rings. The number of β-amino-alcohol motifs (C(OH)–C–C–N with tert-alkyl or cyclic N) is 1. The van der Waals surface area contributed by atoms with Crippen LogP contribution < -0.4 is 5.32 Å². The number of halogens is 1. The Morgan fingerprint density at radius 1 is 1.50 bits per heavy atom. The molecule has 7 heteroatoms. The van der Waals surface area contributed by atoms with E-state index in [1.54, 1.807) is 19.1 Å². The van der Waals surface area contributed by atoms with Crippen molar-refractivity contribution in [1.29, 1.82) is 0 Å². The van der Waals surface area contributed by atoms with Crippen LogP contribution in [0.15, 0.2) is 34.9 Å². The van der Waals surface area contributed by atoms with Gasteiger partial charge in [0.2, 0.25) is 5.91 Å². The normalized spacial score (nSPS) is 21.1. The number of anilines is 1. The number of nitrogens with zero attached hydrogens (tertiary/aromatic N) is 2. The number of benzene rings is 1. The van der Waals surface area contributed by atoms with E-state index in [0.29, 0.717) is 31.1 Å². The van der Waals surface area contributed by atoms with Crippen LogP contribution in [0, 0.1) is 12.7 Å². The molecule has 6 nitrogen and oxygen atoms in total. The third-order valence-corrected chi connectivity index (χ3v) is 4.14. The van der Waals surface area contributed by atoms with Gasteiger partial charge in [-0.2, -0.15) is 0 Å². The molecule has 0 bridgehead atoms. The monoisotopic (exact) mass is 333 g/mol. The molecule has 0 aliphatic carbocycles. The Bertz CT molecular complexity index is 719. The maximum atomic E-state index is 13.4. The lowest BCUT2D eigenvalue weighted by atomic mass is 10.0. The number of carbonyl (C=O) groups is 1. The van der Waals surface area contributed by atoms with Crippen LogP contribution in [0.25, 0.3) is 0 Å². The SMILES string of the molecule is Cc1cc(NC(=O)CCN2C[C@@H](O)C[C@H]2c2cccc(F)c2)no1. The van der Waals surface area contributed by atoms with E-state index in [1.807, 2.05) is 11.0 Å². The zero-order valence-electron chi connectivity index (χ0n) is 13.4. The van der Waals surface area contributed by atoms with Gasteiger partial charge in [-0.25, -0.2) is 4.39 Å². The van der Waals surface area contributed by atoms with E-state index in [-0.39, 0.29) is 24.2 Å². The Kier molecular flexibility index (Phi) is 4.92. The summed E-state index contributed by atoms with van der Waals surface area (Å²) in [7, 11) is 0. The summed E-state index contributed by atoms with van der Waals surface area (Å²) in [5, 5.41) is 16.3. The molecule has 1 aliphatic heterocycles. The average molecular weight is 333 g/mol. The number of hydrogen-bond donors (Lipinski definition) is 2. The minimum Gasteiger partial charge on any atom is -0.392 e. The first-order chi connectivity index (χ1) is 11.5. The van der Waals surface area contributed by atoms with Crippen molar-refractivity contribution in [2.45, 2.75) is 31.9 Å². The van der Waals surface area contributed by atoms with E-state index in [4.69, 9.17) is 4.52 Å². The third-order valence-electron chi connectivity index (χ3n) is 4.14. The summed E-state index contributed by atoms with van der Waals surface area (Å²) in [5.41, 5.74) is 0.819. The number of aliphatic hydroxyl groups is 1. The summed E-state index contributed by atoms with van der Waals surface area (Å²) in [6.07, 6.45) is 0.317. The van der Waals surface area contributed by atoms with Crippen molar-refractivity contribution in [3.05, 3.63) is 47.5 Å². The smallest absolute Gasteiger partial charge is 0.226 e. The molecule has 2 heterocycles. The zero-order valence-corrected chi connectivity index (χ0v) is 13.4. The molecule has 24 heavy (non-hydrogen) atoms. The van der Waals surface area contributed by atoms with Crippen molar-refractivity contribution >= 4 is 11.7 Å². The Morgan fingerprint density at radius 2 is 2.33 bits per heavy atom. The minimum atomic E-state index is -0.473. The molecule has 2 atom stereocenters. The Labute approximate surface area is 139 Å². The van der Waals surface area contributed by atoms with Crippen LogP contribution in [-0.4, -0.2) is 40.3 Å². The summed E-state index contributed by atoms with van der Waals surface area (Å²) in [6, 6.07) is 7.94. The van der Waals surface area contributed by atoms with Gasteiger partial charge in [-0.3, -0.25) is 9.69 Å². The van der Waals surface area contributed by atoms with E-state index in [2.05, 4.69) is 10.5 Å². The number of likely N-dealkylation sites (tertiary alicyclic amines) is 1. The first-order valence-electron chi connectivity index (χ1n) is 7.92. The summed E-state index contributed by atoms with van der Waals surface area (Å²) >= 11 is 0. The van der Waals surface area contributed by atoms with Crippen LogP contribution in [0.5, 0.6) is 0 Å². The third kappa shape index (κ3) is 3.98. The van der Waals surface area contributed by atoms with Crippen molar-refractivity contribution in [2.75, 3.05) is 18.4 Å². The molecule has 128 valence electrons. The first-order valence-corrected chi connectivity index (χ1v) is 7.92. The summed E-state index contributed by atoms with van der Waals surface area (Å²) < 4.78 is 18.3. The number of aliphatic hydroxyl groups excluding tert-OH is 1. The lowest BCUT2D eigenvalue weighted by Gasteiger charge is -2.24. The van der Waals surface area contributed by atoms with E-state index in [1.165, 1.54) is 12.1 Å². The highest BCUT2D eigenvalue weighted by molar-refractivity contribution is 5.89. The van der Waals surface area contributed by atoms with Gasteiger partial charge < -0.3 is 14.9 Å². The molecule has 1 fully saturated rings. The molecule has 1 saturated heterocycles. The van der Waals surface area contributed by atoms with Crippen LogP contribution in [-0.2, 0) is 4.79 Å². The van der Waals surface area contributed by atoms with Crippen molar-refractivity contribution in [1.82, 2.24) is 10.1 Å². The highest BCUT2D eigenvalue weighted by Gasteiger charge is 2.32. The fourth-order valence-electron chi connectivity index (χ4n) is 3.06. The van der Waals surface area contributed by atoms with Crippen LogP contribution >= 0.6 is 0 Å². The lowest BCUT2D eigenvalue weighted by molar-refractivity contribution is -0.116. The van der Waals surface area contributed by atoms with E-state index >= 15 is 0 Å². The molecule has 0 saturated carbocycles. The predicted molar refractivity (Wildman–Crippen MR) is 85.8 cm³/mol. The highest BCUT2D eigenvalue weighted by atomic mass is 19.1. The number of aryl methyl sites for hydroxylation is 1. The highest BCUT2D eigenvalue weighted by Crippen LogP contribution is 2.32. The van der Waals surface area contributed by atoms with Crippen LogP contribution in [0.3, 0.4) is 0 Å². The second-order valence-corrected chi connectivity index (χ2v) is 6.08. The number of aromatic nitrogens is 1. The number of hydrogen-bond acceptors (Lipinski definition) is 5. The van der Waals surface area contributed by atoms with E-state index in [0.717, 1.165) is 5.56 Å². The van der Waals surface area contributed by atoms with Crippen molar-refractivity contribution < 1.29 is 18.8 Å². The zero-order chi connectivity index (χ0) is 17.1. The van der Waals surface area contributed by atoms with Gasteiger partial charge in [0, 0.05) is 31.6 Å². The second-order valence-electron chi connectivity index (χ2n) is 6.08. The molecule has 3 rings (SSSR count). The van der Waals surface area contributed by atoms with Crippen molar-refractivity contribution in [3.63, 3.8) is 0 Å². The van der Waals surface area contributed by atoms with Gasteiger partial charge in [-0.15, -0.1) is 0 Å². The van der Waals surface area contributed by atoms with E-state index < -0.39 is 6.10 Å². The van der Waals surface area contributed by atoms with Crippen LogP contribution in [0.1, 0.15) is 30.2 Å². The fourth-order valence-corrected chi connectivity index (χ4v) is 3.06. The Balaban J connectivity index is 1.59. The molecule has 0 spiro atoms. The molecule has 0 unspecified atom stereocenters. The molecule has 2 N–H and O–H groups in total. The molecule has 1 aromatic heterocycles. The molecule has 1 aromatic carbocycles. The second kappa shape index (κ2) is 7.11. The number of carbonyl (C=O) groups excluding carboxylic acids is 1. The van der Waals surface area contributed by atoms with Crippen LogP contribution in [0.2, 0.25) is 0 Å². The number of nitrogens with one attached hydrogen (secondary N) is 1. The number of amides is 1. The fraction of sp³-hybridized carbons (Fsp3) is 0.412. The van der Waals surface area contributed by atoms with Gasteiger partial charge in [-0.05, 0) is 31.0 Å². The van der Waals surface area contributed by atoms with Gasteiger partial charge in [0.25, 0.3) is 0 Å². The maximum Gasteiger partial charge on any atom is 0.226 e. The Morgan fingerprint density at radius 3 is 3.04 bits per heavy atom. The summed E-state index contributed by atoms with van der Waals surface area (Å²) in [4.78, 5) is 14.0. The quantitative estimate of drug-likeness (QED) is 0.877. The van der Waals surface area contributed by atoms with Gasteiger partial charge in [0.15, 0.2) is 5.82 Å². The van der Waals surface area contributed by atoms with Gasteiger partial charge in [0.1, 0.15) is 11.6 Å². The number of rotatable bonds is 5. The van der Waals surface area contributed by atoms with Crippen molar-refractivity contribution in [2.24, 2.45) is 0 Å². The van der Waals surface area contributed by atoms with Crippen LogP contribution in [0.4, 0.5) is 10.2 Å². The van der Waals surface area contributed by atoms with E-state index in [9.17, 15) is 14.3 Å². The predicted octanol–water partition coefficient (Wildman–Crippen LogP) is 2.26. The summed E-state index contributed by atoms with van der Waals surface area (Å²) in [5.74, 6) is 0.537. The molecular formula is C17H20FN3O3. The van der Waals surface area contributed by atoms with Gasteiger partial charge in [-0.1, -0.05) is 17.3 Å². The Hall–Kier alpha value is -2.25.